The van der Waals surface area contributed by atoms with Gasteiger partial charge < -0.3 is 10.1 Å². The van der Waals surface area contributed by atoms with E-state index in [-0.39, 0.29) is 17.3 Å². The van der Waals surface area contributed by atoms with Gasteiger partial charge in [0.05, 0.1) is 4.92 Å². The summed E-state index contributed by atoms with van der Waals surface area (Å²) in [5.74, 6) is 0.818. The van der Waals surface area contributed by atoms with E-state index in [4.69, 9.17) is 4.74 Å². The number of aryl methyl sites for hydroxylation is 1. The fraction of sp³-hybridized carbons (Fsp3) is 0.167. The molecule has 0 spiro atoms. The number of nitro groups is 1. The molecule has 1 heterocycles. The smallest absolute Gasteiger partial charge is 0.311 e. The van der Waals surface area contributed by atoms with Gasteiger partial charge in [-0.3, -0.25) is 10.1 Å². The van der Waals surface area contributed by atoms with Crippen LogP contribution in [0.5, 0.6) is 11.6 Å². The molecule has 98 valence electrons. The summed E-state index contributed by atoms with van der Waals surface area (Å²) in [5, 5.41) is 13.7. The Balaban J connectivity index is 2.40. The number of hydrogen-bond acceptors (Lipinski definition) is 6. The topological polar surface area (TPSA) is 90.2 Å². The molecule has 0 unspecified atom stereocenters. The molecule has 2 aromatic rings. The Labute approximate surface area is 109 Å². The molecule has 7 heteroatoms. The van der Waals surface area contributed by atoms with Gasteiger partial charge in [-0.15, -0.1) is 0 Å². The first-order valence-corrected chi connectivity index (χ1v) is 5.54. The minimum Gasteiger partial charge on any atom is -0.431 e. The zero-order chi connectivity index (χ0) is 13.8. The lowest BCUT2D eigenvalue weighted by molar-refractivity contribution is -0.385. The van der Waals surface area contributed by atoms with Gasteiger partial charge in [-0.1, -0.05) is 12.1 Å². The van der Waals surface area contributed by atoms with E-state index in [1.807, 2.05) is 0 Å². The fourth-order valence-electron chi connectivity index (χ4n) is 1.54. The molecule has 0 aliphatic heterocycles. The molecule has 0 radical (unpaired) electrons. The van der Waals surface area contributed by atoms with Crippen LogP contribution in [0.25, 0.3) is 0 Å². The van der Waals surface area contributed by atoms with E-state index >= 15 is 0 Å². The van der Waals surface area contributed by atoms with Gasteiger partial charge in [0, 0.05) is 25.4 Å². The number of para-hydroxylation sites is 1. The molecule has 0 aliphatic carbocycles. The maximum Gasteiger partial charge on any atom is 0.311 e. The highest BCUT2D eigenvalue weighted by Crippen LogP contribution is 2.33. The van der Waals surface area contributed by atoms with Gasteiger partial charge in [0.15, 0.2) is 0 Å². The molecule has 1 aromatic heterocycles. The molecule has 0 saturated carbocycles. The third-order valence-corrected chi connectivity index (χ3v) is 2.45. The van der Waals surface area contributed by atoms with Crippen LogP contribution in [0.3, 0.4) is 0 Å². The van der Waals surface area contributed by atoms with Crippen LogP contribution in [0.2, 0.25) is 0 Å². The quantitative estimate of drug-likeness (QED) is 0.671. The Kier molecular flexibility index (Phi) is 3.56. The Morgan fingerprint density at radius 2 is 2.16 bits per heavy atom. The van der Waals surface area contributed by atoms with Crippen molar-refractivity contribution >= 4 is 11.6 Å². The maximum atomic E-state index is 11.0. The van der Waals surface area contributed by atoms with Crippen LogP contribution in [0, 0.1) is 17.0 Å². The van der Waals surface area contributed by atoms with E-state index in [1.165, 1.54) is 18.3 Å². The molecule has 0 bridgehead atoms. The van der Waals surface area contributed by atoms with Crippen LogP contribution in [0.15, 0.2) is 30.5 Å². The van der Waals surface area contributed by atoms with E-state index in [2.05, 4.69) is 15.3 Å². The van der Waals surface area contributed by atoms with Crippen molar-refractivity contribution in [2.45, 2.75) is 6.92 Å². The number of ether oxygens (including phenoxy) is 1. The summed E-state index contributed by atoms with van der Waals surface area (Å²) in [6, 6.07) is 6.28. The van der Waals surface area contributed by atoms with Gasteiger partial charge in [0.2, 0.25) is 17.6 Å². The van der Waals surface area contributed by atoms with Crippen molar-refractivity contribution in [3.8, 4) is 11.6 Å². The summed E-state index contributed by atoms with van der Waals surface area (Å²) in [7, 11) is 1.68. The highest BCUT2D eigenvalue weighted by molar-refractivity contribution is 5.52. The van der Waals surface area contributed by atoms with E-state index in [1.54, 1.807) is 26.1 Å². The van der Waals surface area contributed by atoms with E-state index in [0.29, 0.717) is 11.5 Å². The first-order chi connectivity index (χ1) is 9.11. The second-order valence-electron chi connectivity index (χ2n) is 3.75. The number of hydrogen-bond donors (Lipinski definition) is 1. The Hall–Kier alpha value is -2.70. The van der Waals surface area contributed by atoms with Crippen molar-refractivity contribution in [3.05, 3.63) is 46.1 Å². The molecule has 0 atom stereocenters. The van der Waals surface area contributed by atoms with Gasteiger partial charge in [-0.2, -0.15) is 4.98 Å². The summed E-state index contributed by atoms with van der Waals surface area (Å²) >= 11 is 0. The highest BCUT2D eigenvalue weighted by Gasteiger charge is 2.18. The van der Waals surface area contributed by atoms with Crippen LogP contribution < -0.4 is 10.1 Å². The average molecular weight is 260 g/mol. The molecular weight excluding hydrogens is 248 g/mol. The molecular formula is C12H12N4O3. The SMILES string of the molecule is CNc1nccc(Oc2c(C)cccc2[N+](=O)[O-])n1. The van der Waals surface area contributed by atoms with Crippen LogP contribution in [-0.4, -0.2) is 21.9 Å². The number of nitrogens with one attached hydrogen (secondary N) is 1. The van der Waals surface area contributed by atoms with Gasteiger partial charge >= 0.3 is 5.69 Å². The van der Waals surface area contributed by atoms with Crippen molar-refractivity contribution in [3.63, 3.8) is 0 Å². The van der Waals surface area contributed by atoms with Crippen molar-refractivity contribution in [1.29, 1.82) is 0 Å². The largest absolute Gasteiger partial charge is 0.431 e. The second kappa shape index (κ2) is 5.30. The summed E-state index contributed by atoms with van der Waals surface area (Å²) < 4.78 is 5.51. The van der Waals surface area contributed by atoms with E-state index < -0.39 is 4.92 Å². The van der Waals surface area contributed by atoms with Crippen molar-refractivity contribution in [2.24, 2.45) is 0 Å². The van der Waals surface area contributed by atoms with Crippen LogP contribution in [-0.2, 0) is 0 Å². The summed E-state index contributed by atoms with van der Waals surface area (Å²) in [6.45, 7) is 1.74. The lowest BCUT2D eigenvalue weighted by Crippen LogP contribution is -1.99. The highest BCUT2D eigenvalue weighted by atomic mass is 16.6. The average Bonchev–Trinajstić information content (AvgIpc) is 2.41. The fourth-order valence-corrected chi connectivity index (χ4v) is 1.54. The number of rotatable bonds is 4. The standard InChI is InChI=1S/C12H12N4O3/c1-8-4-3-5-9(16(17)18)11(8)19-10-6-7-14-12(13-2)15-10/h3-7H,1-2H3,(H,13,14,15). The Morgan fingerprint density at radius 3 is 2.84 bits per heavy atom. The lowest BCUT2D eigenvalue weighted by atomic mass is 10.2. The van der Waals surface area contributed by atoms with Crippen LogP contribution >= 0.6 is 0 Å². The van der Waals surface area contributed by atoms with Crippen molar-refractivity contribution < 1.29 is 9.66 Å². The van der Waals surface area contributed by atoms with E-state index in [9.17, 15) is 10.1 Å². The Morgan fingerprint density at radius 1 is 1.37 bits per heavy atom. The van der Waals surface area contributed by atoms with Gasteiger partial charge in [-0.05, 0) is 12.5 Å². The van der Waals surface area contributed by atoms with Crippen molar-refractivity contribution in [2.75, 3.05) is 12.4 Å². The van der Waals surface area contributed by atoms with Crippen LogP contribution in [0.1, 0.15) is 5.56 Å². The van der Waals surface area contributed by atoms with Gasteiger partial charge in [0.25, 0.3) is 0 Å². The molecule has 0 aliphatic rings. The number of nitrogens with zero attached hydrogens (tertiary/aromatic N) is 3. The number of aromatic nitrogens is 2. The zero-order valence-electron chi connectivity index (χ0n) is 10.5. The molecule has 1 aromatic carbocycles. The molecule has 0 amide bonds. The number of benzene rings is 1. The Bertz CT molecular complexity index is 616. The number of anilines is 1. The molecule has 2 rings (SSSR count). The summed E-state index contributed by atoms with van der Waals surface area (Å²) in [6.07, 6.45) is 1.51. The zero-order valence-corrected chi connectivity index (χ0v) is 10.5. The summed E-state index contributed by atoms with van der Waals surface area (Å²) in [4.78, 5) is 18.5. The normalized spacial score (nSPS) is 10.0. The summed E-state index contributed by atoms with van der Waals surface area (Å²) in [5.41, 5.74) is 0.573. The molecule has 7 nitrogen and oxygen atoms in total. The van der Waals surface area contributed by atoms with Gasteiger partial charge in [0.1, 0.15) is 0 Å². The predicted octanol–water partition coefficient (Wildman–Crippen LogP) is 2.53. The molecule has 19 heavy (non-hydrogen) atoms. The van der Waals surface area contributed by atoms with E-state index in [0.717, 1.165) is 0 Å². The molecule has 1 N–H and O–H groups in total. The minimum absolute atomic E-state index is 0.0929. The second-order valence-corrected chi connectivity index (χ2v) is 3.75. The lowest BCUT2D eigenvalue weighted by Gasteiger charge is -2.08. The van der Waals surface area contributed by atoms with Gasteiger partial charge in [-0.25, -0.2) is 4.98 Å². The van der Waals surface area contributed by atoms with Crippen LogP contribution in [0.4, 0.5) is 11.6 Å². The van der Waals surface area contributed by atoms with Crippen molar-refractivity contribution in [1.82, 2.24) is 9.97 Å². The molecule has 0 fully saturated rings. The minimum atomic E-state index is -0.484. The number of nitro benzene ring substituents is 1. The molecule has 0 saturated heterocycles. The maximum absolute atomic E-state index is 11.0. The first-order valence-electron chi connectivity index (χ1n) is 5.54. The predicted molar refractivity (Wildman–Crippen MR) is 69.5 cm³/mol. The third-order valence-electron chi connectivity index (χ3n) is 2.45. The first kappa shape index (κ1) is 12.7. The monoisotopic (exact) mass is 260 g/mol. The third kappa shape index (κ3) is 2.76.